The van der Waals surface area contributed by atoms with Gasteiger partial charge in [0.1, 0.15) is 5.69 Å². The number of methoxy groups -OCH3 is 1. The van der Waals surface area contributed by atoms with Crippen LogP contribution in [0.3, 0.4) is 0 Å². The standard InChI is InChI=1S/C8H13N3O2S/c1-13-4-2-3-10-7(12)6-5-14-8(9)11-6/h5H,2-4H2,1H3,(H2,9,11)(H,10,12). The van der Waals surface area contributed by atoms with Gasteiger partial charge in [0.05, 0.1) is 0 Å². The van der Waals surface area contributed by atoms with Crippen LogP contribution in [0, 0.1) is 0 Å². The Bertz CT molecular complexity index is 301. The first-order valence-corrected chi connectivity index (χ1v) is 5.10. The lowest BCUT2D eigenvalue weighted by molar-refractivity contribution is 0.0944. The van der Waals surface area contributed by atoms with Gasteiger partial charge in [-0.05, 0) is 6.42 Å². The van der Waals surface area contributed by atoms with Crippen LogP contribution < -0.4 is 11.1 Å². The maximum absolute atomic E-state index is 11.4. The van der Waals surface area contributed by atoms with E-state index in [1.165, 1.54) is 11.3 Å². The van der Waals surface area contributed by atoms with Crippen molar-refractivity contribution in [3.63, 3.8) is 0 Å². The van der Waals surface area contributed by atoms with E-state index in [0.29, 0.717) is 24.0 Å². The Morgan fingerprint density at radius 1 is 1.79 bits per heavy atom. The zero-order valence-electron chi connectivity index (χ0n) is 7.95. The number of nitrogens with one attached hydrogen (secondary N) is 1. The average molecular weight is 215 g/mol. The minimum atomic E-state index is -0.186. The lowest BCUT2D eigenvalue weighted by Gasteiger charge is -2.01. The SMILES string of the molecule is COCCCNC(=O)c1csc(N)n1. The molecule has 0 radical (unpaired) electrons. The summed E-state index contributed by atoms with van der Waals surface area (Å²) in [6, 6.07) is 0. The van der Waals surface area contributed by atoms with Crippen LogP contribution in [0.1, 0.15) is 16.9 Å². The van der Waals surface area contributed by atoms with Crippen molar-refractivity contribution in [2.24, 2.45) is 0 Å². The molecule has 0 aliphatic heterocycles. The number of rotatable bonds is 5. The number of nitrogens with zero attached hydrogens (tertiary/aromatic N) is 1. The molecule has 0 saturated carbocycles. The number of ether oxygens (including phenoxy) is 1. The van der Waals surface area contributed by atoms with Gasteiger partial charge >= 0.3 is 0 Å². The van der Waals surface area contributed by atoms with Crippen LogP contribution in [-0.2, 0) is 4.74 Å². The molecule has 1 rings (SSSR count). The van der Waals surface area contributed by atoms with Gasteiger partial charge in [-0.25, -0.2) is 4.98 Å². The van der Waals surface area contributed by atoms with Crippen LogP contribution in [0.15, 0.2) is 5.38 Å². The minimum absolute atomic E-state index is 0.186. The lowest BCUT2D eigenvalue weighted by Crippen LogP contribution is -2.25. The van der Waals surface area contributed by atoms with Crippen LogP contribution in [-0.4, -0.2) is 31.2 Å². The van der Waals surface area contributed by atoms with Crippen LogP contribution in [0.2, 0.25) is 0 Å². The van der Waals surface area contributed by atoms with Gasteiger partial charge in [0, 0.05) is 25.6 Å². The first-order chi connectivity index (χ1) is 6.74. The molecule has 1 heterocycles. The molecule has 6 heteroatoms. The highest BCUT2D eigenvalue weighted by Crippen LogP contribution is 2.10. The molecule has 0 saturated heterocycles. The molecule has 0 bridgehead atoms. The third-order valence-corrected chi connectivity index (χ3v) is 2.24. The topological polar surface area (TPSA) is 77.2 Å². The fourth-order valence-electron chi connectivity index (χ4n) is 0.901. The predicted octanol–water partition coefficient (Wildman–Crippen LogP) is 0.492. The van der Waals surface area contributed by atoms with E-state index in [9.17, 15) is 4.79 Å². The number of carbonyl (C=O) groups is 1. The van der Waals surface area contributed by atoms with Crippen molar-refractivity contribution >= 4 is 22.4 Å². The summed E-state index contributed by atoms with van der Waals surface area (Å²) in [6.07, 6.45) is 0.794. The molecule has 78 valence electrons. The maximum atomic E-state index is 11.4. The van der Waals surface area contributed by atoms with Gasteiger partial charge in [-0.15, -0.1) is 11.3 Å². The molecule has 0 spiro atoms. The largest absolute Gasteiger partial charge is 0.385 e. The van der Waals surface area contributed by atoms with E-state index in [-0.39, 0.29) is 5.91 Å². The second-order valence-electron chi connectivity index (χ2n) is 2.67. The van der Waals surface area contributed by atoms with E-state index in [1.54, 1.807) is 12.5 Å². The van der Waals surface area contributed by atoms with E-state index in [1.807, 2.05) is 0 Å². The Balaban J connectivity index is 2.29. The first kappa shape index (κ1) is 10.9. The number of aromatic nitrogens is 1. The quantitative estimate of drug-likeness (QED) is 0.701. The summed E-state index contributed by atoms with van der Waals surface area (Å²) < 4.78 is 4.85. The highest BCUT2D eigenvalue weighted by Gasteiger charge is 2.07. The third-order valence-electron chi connectivity index (χ3n) is 1.57. The zero-order chi connectivity index (χ0) is 10.4. The van der Waals surface area contributed by atoms with E-state index >= 15 is 0 Å². The van der Waals surface area contributed by atoms with E-state index in [4.69, 9.17) is 10.5 Å². The number of carbonyl (C=O) groups excluding carboxylic acids is 1. The summed E-state index contributed by atoms with van der Waals surface area (Å²) in [5.41, 5.74) is 5.78. The van der Waals surface area contributed by atoms with Gasteiger partial charge in [0.25, 0.3) is 5.91 Å². The highest BCUT2D eigenvalue weighted by molar-refractivity contribution is 7.13. The van der Waals surface area contributed by atoms with Crippen molar-refractivity contribution in [3.05, 3.63) is 11.1 Å². The molecule has 5 nitrogen and oxygen atoms in total. The Hall–Kier alpha value is -1.14. The van der Waals surface area contributed by atoms with Crippen molar-refractivity contribution in [2.75, 3.05) is 26.0 Å². The van der Waals surface area contributed by atoms with Crippen LogP contribution >= 0.6 is 11.3 Å². The van der Waals surface area contributed by atoms with Gasteiger partial charge in [-0.3, -0.25) is 4.79 Å². The second-order valence-corrected chi connectivity index (χ2v) is 3.56. The van der Waals surface area contributed by atoms with Gasteiger partial charge < -0.3 is 15.8 Å². The monoisotopic (exact) mass is 215 g/mol. The smallest absolute Gasteiger partial charge is 0.270 e. The number of amides is 1. The average Bonchev–Trinajstić information content (AvgIpc) is 2.59. The van der Waals surface area contributed by atoms with Gasteiger partial charge in [-0.2, -0.15) is 0 Å². The molecule has 0 atom stereocenters. The number of hydrogen-bond donors (Lipinski definition) is 2. The maximum Gasteiger partial charge on any atom is 0.270 e. The van der Waals surface area contributed by atoms with Crippen molar-refractivity contribution in [3.8, 4) is 0 Å². The molecule has 0 unspecified atom stereocenters. The number of anilines is 1. The Morgan fingerprint density at radius 2 is 2.57 bits per heavy atom. The Kier molecular flexibility index (Phi) is 4.34. The molecule has 1 aromatic heterocycles. The fraction of sp³-hybridized carbons (Fsp3) is 0.500. The van der Waals surface area contributed by atoms with E-state index in [2.05, 4.69) is 10.3 Å². The van der Waals surface area contributed by atoms with Crippen molar-refractivity contribution < 1.29 is 9.53 Å². The number of nitrogens with two attached hydrogens (primary N) is 1. The van der Waals surface area contributed by atoms with E-state index in [0.717, 1.165) is 6.42 Å². The minimum Gasteiger partial charge on any atom is -0.385 e. The molecule has 0 aromatic carbocycles. The van der Waals surface area contributed by atoms with Gasteiger partial charge in [0.2, 0.25) is 0 Å². The Labute approximate surface area is 86.3 Å². The second kappa shape index (κ2) is 5.56. The van der Waals surface area contributed by atoms with Crippen LogP contribution in [0.5, 0.6) is 0 Å². The third kappa shape index (κ3) is 3.31. The molecule has 0 aliphatic rings. The van der Waals surface area contributed by atoms with Crippen molar-refractivity contribution in [1.82, 2.24) is 10.3 Å². The summed E-state index contributed by atoms with van der Waals surface area (Å²) in [5, 5.41) is 4.77. The molecule has 0 aliphatic carbocycles. The van der Waals surface area contributed by atoms with Crippen LogP contribution in [0.25, 0.3) is 0 Å². The number of nitrogen functional groups attached to an aromatic ring is 1. The molecule has 14 heavy (non-hydrogen) atoms. The molecular formula is C8H13N3O2S. The zero-order valence-corrected chi connectivity index (χ0v) is 8.76. The van der Waals surface area contributed by atoms with Crippen LogP contribution in [0.4, 0.5) is 5.13 Å². The Morgan fingerprint density at radius 3 is 3.14 bits per heavy atom. The summed E-state index contributed by atoms with van der Waals surface area (Å²) >= 11 is 1.26. The molecule has 1 aromatic rings. The number of thiazole rings is 1. The summed E-state index contributed by atoms with van der Waals surface area (Å²) in [4.78, 5) is 15.2. The first-order valence-electron chi connectivity index (χ1n) is 4.22. The normalized spacial score (nSPS) is 10.1. The molecular weight excluding hydrogens is 202 g/mol. The molecule has 3 N–H and O–H groups in total. The van der Waals surface area contributed by atoms with Gasteiger partial charge in [-0.1, -0.05) is 0 Å². The fourth-order valence-corrected chi connectivity index (χ4v) is 1.44. The highest BCUT2D eigenvalue weighted by atomic mass is 32.1. The van der Waals surface area contributed by atoms with Gasteiger partial charge in [0.15, 0.2) is 5.13 Å². The molecule has 1 amide bonds. The predicted molar refractivity (Wildman–Crippen MR) is 55.4 cm³/mol. The summed E-state index contributed by atoms with van der Waals surface area (Å²) in [6.45, 7) is 1.23. The summed E-state index contributed by atoms with van der Waals surface area (Å²) in [7, 11) is 1.63. The molecule has 0 fully saturated rings. The lowest BCUT2D eigenvalue weighted by atomic mass is 10.4. The van der Waals surface area contributed by atoms with E-state index < -0.39 is 0 Å². The number of hydrogen-bond acceptors (Lipinski definition) is 5. The summed E-state index contributed by atoms with van der Waals surface area (Å²) in [5.74, 6) is -0.186. The van der Waals surface area contributed by atoms with Crippen molar-refractivity contribution in [2.45, 2.75) is 6.42 Å². The van der Waals surface area contributed by atoms with Crippen molar-refractivity contribution in [1.29, 1.82) is 0 Å².